The van der Waals surface area contributed by atoms with Gasteiger partial charge in [0.2, 0.25) is 5.60 Å². The molecule has 2 rings (SSSR count). The van der Waals surface area contributed by atoms with Crippen molar-refractivity contribution in [3.63, 3.8) is 0 Å². The zero-order valence-corrected chi connectivity index (χ0v) is 6.86. The van der Waals surface area contributed by atoms with Crippen LogP contribution in [-0.4, -0.2) is 22.9 Å². The van der Waals surface area contributed by atoms with Gasteiger partial charge in [-0.1, -0.05) is 12.1 Å². The van der Waals surface area contributed by atoms with Gasteiger partial charge in [0.1, 0.15) is 0 Å². The van der Waals surface area contributed by atoms with Gasteiger partial charge in [0.25, 0.3) is 0 Å². The molecule has 1 fully saturated rings. The van der Waals surface area contributed by atoms with Crippen molar-refractivity contribution in [2.75, 3.05) is 0 Å². The van der Waals surface area contributed by atoms with Gasteiger partial charge in [-0.3, -0.25) is 0 Å². The molecule has 0 amide bonds. The van der Waals surface area contributed by atoms with Crippen molar-refractivity contribution in [1.82, 2.24) is 0 Å². The van der Waals surface area contributed by atoms with E-state index >= 15 is 0 Å². The van der Waals surface area contributed by atoms with Gasteiger partial charge in [0.05, 0.1) is 12.1 Å². The van der Waals surface area contributed by atoms with Crippen LogP contribution in [-0.2, 0) is 9.63 Å². The van der Waals surface area contributed by atoms with Crippen molar-refractivity contribution < 1.29 is 14.7 Å². The lowest BCUT2D eigenvalue weighted by atomic mass is 9.86. The maximum atomic E-state index is 11.0. The first-order chi connectivity index (χ1) is 5.68. The molecule has 0 radical (unpaired) electrons. The van der Waals surface area contributed by atoms with E-state index in [0.717, 1.165) is 12.8 Å². The van der Waals surface area contributed by atoms with Gasteiger partial charge in [0.15, 0.2) is 0 Å². The summed E-state index contributed by atoms with van der Waals surface area (Å²) in [6.45, 7) is 1.91. The molecule has 3 unspecified atom stereocenters. The van der Waals surface area contributed by atoms with E-state index in [1.807, 2.05) is 6.92 Å². The van der Waals surface area contributed by atoms with Gasteiger partial charge in [0, 0.05) is 5.92 Å². The molecular weight excluding hydrogens is 158 g/mol. The zero-order valence-electron chi connectivity index (χ0n) is 6.86. The van der Waals surface area contributed by atoms with E-state index in [1.165, 1.54) is 0 Å². The van der Waals surface area contributed by atoms with E-state index in [1.54, 1.807) is 6.21 Å². The van der Waals surface area contributed by atoms with E-state index in [9.17, 15) is 4.79 Å². The molecule has 66 valence electrons. The highest BCUT2D eigenvalue weighted by Gasteiger charge is 2.59. The molecule has 1 aliphatic carbocycles. The van der Waals surface area contributed by atoms with Crippen molar-refractivity contribution in [3.05, 3.63) is 0 Å². The van der Waals surface area contributed by atoms with E-state index in [4.69, 9.17) is 9.94 Å². The molecule has 3 atom stereocenters. The van der Waals surface area contributed by atoms with Gasteiger partial charge in [-0.2, -0.15) is 0 Å². The number of aliphatic carboxylic acids is 1. The average Bonchev–Trinajstić information content (AvgIpc) is 2.52. The minimum absolute atomic E-state index is 0.0231. The van der Waals surface area contributed by atoms with Crippen molar-refractivity contribution in [3.8, 4) is 0 Å². The molecule has 4 heteroatoms. The second-order valence-electron chi connectivity index (χ2n) is 3.53. The lowest BCUT2D eigenvalue weighted by Crippen LogP contribution is -2.46. The highest BCUT2D eigenvalue weighted by atomic mass is 16.7. The fraction of sp³-hybridized carbons (Fsp3) is 0.750. The number of carboxylic acids is 1. The van der Waals surface area contributed by atoms with Gasteiger partial charge < -0.3 is 9.94 Å². The van der Waals surface area contributed by atoms with Crippen molar-refractivity contribution in [1.29, 1.82) is 0 Å². The van der Waals surface area contributed by atoms with Crippen molar-refractivity contribution in [2.24, 2.45) is 17.0 Å². The molecule has 12 heavy (non-hydrogen) atoms. The molecule has 1 heterocycles. The van der Waals surface area contributed by atoms with E-state index < -0.39 is 11.6 Å². The normalized spacial score (nSPS) is 44.1. The monoisotopic (exact) mass is 169 g/mol. The zero-order chi connectivity index (χ0) is 8.77. The Hall–Kier alpha value is -1.06. The predicted molar refractivity (Wildman–Crippen MR) is 41.8 cm³/mol. The molecule has 1 N–H and O–H groups in total. The number of hydrogen-bond acceptors (Lipinski definition) is 3. The molecule has 0 aromatic rings. The molecule has 1 aliphatic heterocycles. The minimum atomic E-state index is -1.04. The maximum absolute atomic E-state index is 11.0. The summed E-state index contributed by atoms with van der Waals surface area (Å²) < 4.78 is 0. The van der Waals surface area contributed by atoms with Gasteiger partial charge in [-0.25, -0.2) is 4.79 Å². The lowest BCUT2D eigenvalue weighted by Gasteiger charge is -2.25. The second-order valence-corrected chi connectivity index (χ2v) is 3.53. The van der Waals surface area contributed by atoms with Crippen LogP contribution >= 0.6 is 0 Å². The van der Waals surface area contributed by atoms with Crippen molar-refractivity contribution >= 4 is 12.2 Å². The van der Waals surface area contributed by atoms with Crippen LogP contribution < -0.4 is 0 Å². The maximum Gasteiger partial charge on any atom is 0.351 e. The Morgan fingerprint density at radius 2 is 2.50 bits per heavy atom. The molecule has 4 nitrogen and oxygen atoms in total. The Kier molecular flexibility index (Phi) is 1.40. The van der Waals surface area contributed by atoms with Crippen LogP contribution in [0.25, 0.3) is 0 Å². The molecule has 0 saturated heterocycles. The first kappa shape index (κ1) is 7.58. The summed E-state index contributed by atoms with van der Waals surface area (Å²) in [6, 6.07) is 0. The van der Waals surface area contributed by atoms with Crippen molar-refractivity contribution in [2.45, 2.75) is 25.4 Å². The Morgan fingerprint density at radius 1 is 1.75 bits per heavy atom. The summed E-state index contributed by atoms with van der Waals surface area (Å²) in [5.74, 6) is -0.845. The van der Waals surface area contributed by atoms with Gasteiger partial charge in [-0.15, -0.1) is 0 Å². The number of nitrogens with zero attached hydrogens (tertiary/aromatic N) is 1. The Labute approximate surface area is 70.2 Å². The fourth-order valence-electron chi connectivity index (χ4n) is 2.17. The number of fused-ring (bicyclic) bond motifs is 1. The first-order valence-corrected chi connectivity index (χ1v) is 4.13. The fourth-order valence-corrected chi connectivity index (χ4v) is 2.17. The highest BCUT2D eigenvalue weighted by Crippen LogP contribution is 2.45. The molecule has 1 saturated carbocycles. The Morgan fingerprint density at radius 3 is 3.08 bits per heavy atom. The summed E-state index contributed by atoms with van der Waals surface area (Å²) >= 11 is 0. The summed E-state index contributed by atoms with van der Waals surface area (Å²) in [5, 5.41) is 12.6. The topological polar surface area (TPSA) is 58.9 Å². The van der Waals surface area contributed by atoms with Gasteiger partial charge in [-0.05, 0) is 12.8 Å². The number of oxime groups is 1. The third-order valence-electron chi connectivity index (χ3n) is 2.97. The minimum Gasteiger partial charge on any atom is -0.478 e. The van der Waals surface area contributed by atoms with Crippen LogP contribution in [0.3, 0.4) is 0 Å². The number of rotatable bonds is 1. The summed E-state index contributed by atoms with van der Waals surface area (Å²) in [5.41, 5.74) is -1.04. The molecule has 0 spiro atoms. The van der Waals surface area contributed by atoms with Gasteiger partial charge >= 0.3 is 5.97 Å². The number of hydrogen-bond donors (Lipinski definition) is 1. The van der Waals surface area contributed by atoms with E-state index in [-0.39, 0.29) is 11.8 Å². The average molecular weight is 169 g/mol. The second kappa shape index (κ2) is 2.21. The van der Waals surface area contributed by atoms with Crippen LogP contribution in [0.15, 0.2) is 5.16 Å². The smallest absolute Gasteiger partial charge is 0.351 e. The quantitative estimate of drug-likeness (QED) is 0.633. The predicted octanol–water partition coefficient (Wildman–Crippen LogP) is 0.872. The van der Waals surface area contributed by atoms with Crippen LogP contribution in [0.1, 0.15) is 19.8 Å². The molecule has 0 aromatic carbocycles. The van der Waals surface area contributed by atoms with E-state index in [0.29, 0.717) is 0 Å². The van der Waals surface area contributed by atoms with Crippen LogP contribution in [0.2, 0.25) is 0 Å². The number of carboxylic acid groups (broad SMARTS) is 1. The van der Waals surface area contributed by atoms with E-state index in [2.05, 4.69) is 5.16 Å². The lowest BCUT2D eigenvalue weighted by molar-refractivity contribution is -0.170. The summed E-state index contributed by atoms with van der Waals surface area (Å²) in [6.07, 6.45) is 3.40. The Balaban J connectivity index is 2.36. The molecule has 0 bridgehead atoms. The summed E-state index contributed by atoms with van der Waals surface area (Å²) in [4.78, 5) is 16.0. The standard InChI is InChI=1S/C8H11NO3/c1-5-2-3-6-4-9-12-8(5,6)7(10)11/h4-6H,2-3H2,1H3,(H,10,11). The third-order valence-corrected chi connectivity index (χ3v) is 2.97. The SMILES string of the molecule is CC1CCC2C=NOC12C(=O)O. The molecule has 2 aliphatic rings. The van der Waals surface area contributed by atoms with Crippen LogP contribution in [0.4, 0.5) is 0 Å². The highest BCUT2D eigenvalue weighted by molar-refractivity contribution is 5.85. The largest absolute Gasteiger partial charge is 0.478 e. The first-order valence-electron chi connectivity index (χ1n) is 4.13. The summed E-state index contributed by atoms with van der Waals surface area (Å²) in [7, 11) is 0. The third kappa shape index (κ3) is 0.673. The van der Waals surface area contributed by atoms with Crippen LogP contribution in [0, 0.1) is 11.8 Å². The van der Waals surface area contributed by atoms with Crippen LogP contribution in [0.5, 0.6) is 0 Å². The molecule has 0 aromatic heterocycles. The Bertz CT molecular complexity index is 251. The molecular formula is C8H11NO3. The number of carbonyl (C=O) groups is 1.